The third-order valence-electron chi connectivity index (χ3n) is 3.64. The van der Waals surface area contributed by atoms with E-state index in [1.54, 1.807) is 0 Å². The van der Waals surface area contributed by atoms with Gasteiger partial charge in [0.15, 0.2) is 0 Å². The molecule has 122 valence electrons. The molecule has 1 aliphatic heterocycles. The first-order valence-corrected chi connectivity index (χ1v) is 8.81. The predicted octanol–water partition coefficient (Wildman–Crippen LogP) is 4.03. The van der Waals surface area contributed by atoms with Crippen molar-refractivity contribution in [2.24, 2.45) is 5.41 Å². The monoisotopic (exact) mass is 417 g/mol. The van der Waals surface area contributed by atoms with Crippen LogP contribution in [0, 0.1) is 8.99 Å². The van der Waals surface area contributed by atoms with Gasteiger partial charge in [-0.05, 0) is 80.5 Å². The first-order valence-electron chi connectivity index (χ1n) is 7.73. The fourth-order valence-electron chi connectivity index (χ4n) is 2.23. The molecule has 0 spiro atoms. The molecule has 1 saturated heterocycles. The van der Waals surface area contributed by atoms with Crippen LogP contribution in [0.4, 0.5) is 0 Å². The lowest BCUT2D eigenvalue weighted by Gasteiger charge is -2.35. The van der Waals surface area contributed by atoms with Crippen molar-refractivity contribution in [1.29, 1.82) is 0 Å². The molecular weight excluding hydrogens is 393 g/mol. The number of carbonyl (C=O) groups is 1. The Balaban J connectivity index is 1.92. The molecule has 1 aromatic carbocycles. The minimum Gasteiger partial charge on any atom is -0.492 e. The van der Waals surface area contributed by atoms with Gasteiger partial charge >= 0.3 is 5.97 Å². The average Bonchev–Trinajstić information content (AvgIpc) is 2.47. The summed E-state index contributed by atoms with van der Waals surface area (Å²) in [5, 5.41) is 1.81. The van der Waals surface area contributed by atoms with Crippen LogP contribution >= 0.6 is 22.6 Å². The van der Waals surface area contributed by atoms with Gasteiger partial charge in [-0.15, -0.1) is 5.06 Å². The third-order valence-corrected chi connectivity index (χ3v) is 4.36. The number of benzene rings is 1. The van der Waals surface area contributed by atoms with E-state index in [-0.39, 0.29) is 12.0 Å². The summed E-state index contributed by atoms with van der Waals surface area (Å²) >= 11 is 2.27. The lowest BCUT2D eigenvalue weighted by atomic mass is 9.97. The molecule has 0 bridgehead atoms. The maximum atomic E-state index is 12.1. The van der Waals surface area contributed by atoms with Crippen LogP contribution in [0.5, 0.6) is 5.75 Å². The number of piperidine rings is 1. The minimum absolute atomic E-state index is 0.124. The fourth-order valence-corrected chi connectivity index (χ4v) is 2.59. The first kappa shape index (κ1) is 17.5. The summed E-state index contributed by atoms with van der Waals surface area (Å²) < 4.78 is 7.05. The highest BCUT2D eigenvalue weighted by atomic mass is 127. The molecule has 0 saturated carbocycles. The zero-order valence-electron chi connectivity index (χ0n) is 13.5. The van der Waals surface area contributed by atoms with E-state index in [4.69, 9.17) is 9.57 Å². The Bertz CT molecular complexity index is 496. The zero-order chi connectivity index (χ0) is 16.2. The second-order valence-electron chi connectivity index (χ2n) is 6.68. The van der Waals surface area contributed by atoms with Crippen LogP contribution in [0.1, 0.15) is 40.0 Å². The van der Waals surface area contributed by atoms with Crippen LogP contribution in [0.3, 0.4) is 0 Å². The van der Waals surface area contributed by atoms with Crippen LogP contribution in [0.25, 0.3) is 0 Å². The SMILES string of the molecule is CC(C)(C)C(=O)ON1CCCC[C@H]1COc1ccc(I)cc1. The smallest absolute Gasteiger partial charge is 0.330 e. The van der Waals surface area contributed by atoms with E-state index in [2.05, 4.69) is 22.6 Å². The lowest BCUT2D eigenvalue weighted by molar-refractivity contribution is -0.219. The van der Waals surface area contributed by atoms with Gasteiger partial charge in [0.2, 0.25) is 0 Å². The van der Waals surface area contributed by atoms with Gasteiger partial charge in [0.05, 0.1) is 11.5 Å². The Hall–Kier alpha value is -0.820. The Kier molecular flexibility index (Phi) is 6.09. The van der Waals surface area contributed by atoms with Crippen molar-refractivity contribution in [2.45, 2.75) is 46.1 Å². The van der Waals surface area contributed by atoms with Gasteiger partial charge in [-0.3, -0.25) is 0 Å². The van der Waals surface area contributed by atoms with Gasteiger partial charge in [0.25, 0.3) is 0 Å². The number of nitrogens with zero attached hydrogens (tertiary/aromatic N) is 1. The van der Waals surface area contributed by atoms with E-state index in [1.807, 2.05) is 50.1 Å². The van der Waals surface area contributed by atoms with Crippen molar-refractivity contribution in [3.05, 3.63) is 27.8 Å². The Morgan fingerprint density at radius 2 is 1.95 bits per heavy atom. The van der Waals surface area contributed by atoms with Crippen LogP contribution in [0.2, 0.25) is 0 Å². The molecule has 2 rings (SSSR count). The maximum Gasteiger partial charge on any atom is 0.330 e. The van der Waals surface area contributed by atoms with Gasteiger partial charge in [0.1, 0.15) is 12.4 Å². The van der Waals surface area contributed by atoms with Crippen molar-refractivity contribution in [2.75, 3.05) is 13.2 Å². The Morgan fingerprint density at radius 1 is 1.27 bits per heavy atom. The number of carbonyl (C=O) groups excluding carboxylic acids is 1. The van der Waals surface area contributed by atoms with Gasteiger partial charge in [-0.2, -0.15) is 0 Å². The molecule has 5 heteroatoms. The first-order chi connectivity index (χ1) is 10.4. The normalized spacial score (nSPS) is 19.7. The van der Waals surface area contributed by atoms with Gasteiger partial charge in [-0.25, -0.2) is 4.79 Å². The quantitative estimate of drug-likeness (QED) is 0.694. The molecule has 4 nitrogen and oxygen atoms in total. The number of rotatable bonds is 4. The highest BCUT2D eigenvalue weighted by Crippen LogP contribution is 2.23. The predicted molar refractivity (Wildman–Crippen MR) is 94.5 cm³/mol. The van der Waals surface area contributed by atoms with Crippen LogP contribution in [-0.4, -0.2) is 30.2 Å². The molecular formula is C17H24INO3. The van der Waals surface area contributed by atoms with Crippen molar-refractivity contribution >= 4 is 28.6 Å². The zero-order valence-corrected chi connectivity index (χ0v) is 15.6. The Morgan fingerprint density at radius 3 is 2.59 bits per heavy atom. The summed E-state index contributed by atoms with van der Waals surface area (Å²) in [5.41, 5.74) is -0.487. The lowest BCUT2D eigenvalue weighted by Crippen LogP contribution is -2.45. The Labute approximate surface area is 146 Å². The summed E-state index contributed by atoms with van der Waals surface area (Å²) in [5.74, 6) is 0.668. The summed E-state index contributed by atoms with van der Waals surface area (Å²) in [6.45, 7) is 6.93. The summed E-state index contributed by atoms with van der Waals surface area (Å²) in [6.07, 6.45) is 3.18. The summed E-state index contributed by atoms with van der Waals surface area (Å²) in [4.78, 5) is 17.7. The van der Waals surface area contributed by atoms with E-state index in [1.165, 1.54) is 3.57 Å². The molecule has 0 aromatic heterocycles. The molecule has 1 aromatic rings. The molecule has 0 amide bonds. The van der Waals surface area contributed by atoms with E-state index in [9.17, 15) is 4.79 Å². The molecule has 22 heavy (non-hydrogen) atoms. The van der Waals surface area contributed by atoms with E-state index in [0.717, 1.165) is 31.6 Å². The largest absolute Gasteiger partial charge is 0.492 e. The molecule has 0 N–H and O–H groups in total. The van der Waals surface area contributed by atoms with E-state index in [0.29, 0.717) is 6.61 Å². The minimum atomic E-state index is -0.487. The highest BCUT2D eigenvalue weighted by molar-refractivity contribution is 14.1. The molecule has 1 fully saturated rings. The number of hydrogen-bond acceptors (Lipinski definition) is 4. The highest BCUT2D eigenvalue weighted by Gasteiger charge is 2.31. The molecule has 1 heterocycles. The molecule has 0 unspecified atom stereocenters. The fraction of sp³-hybridized carbons (Fsp3) is 0.588. The standard InChI is InChI=1S/C17H24INO3/c1-17(2,3)16(20)22-19-11-5-4-6-14(19)12-21-15-9-7-13(18)8-10-15/h7-10,14H,4-6,11-12H2,1-3H3/t14-/m0/s1. The molecule has 1 atom stereocenters. The number of halogens is 1. The van der Waals surface area contributed by atoms with Gasteiger partial charge in [-0.1, -0.05) is 6.42 Å². The van der Waals surface area contributed by atoms with E-state index < -0.39 is 5.41 Å². The number of hydroxylamine groups is 2. The van der Waals surface area contributed by atoms with Crippen molar-refractivity contribution in [3.8, 4) is 5.75 Å². The van der Waals surface area contributed by atoms with Crippen molar-refractivity contribution < 1.29 is 14.4 Å². The average molecular weight is 417 g/mol. The van der Waals surface area contributed by atoms with Crippen LogP contribution in [0.15, 0.2) is 24.3 Å². The third kappa shape index (κ3) is 5.12. The van der Waals surface area contributed by atoms with Gasteiger partial charge < -0.3 is 9.57 Å². The van der Waals surface area contributed by atoms with Crippen LogP contribution in [-0.2, 0) is 9.63 Å². The molecule has 0 aliphatic carbocycles. The maximum absolute atomic E-state index is 12.1. The molecule has 1 aliphatic rings. The molecule has 0 radical (unpaired) electrons. The van der Waals surface area contributed by atoms with Crippen LogP contribution < -0.4 is 4.74 Å². The summed E-state index contributed by atoms with van der Waals surface area (Å²) in [7, 11) is 0. The topological polar surface area (TPSA) is 38.8 Å². The van der Waals surface area contributed by atoms with E-state index >= 15 is 0 Å². The second kappa shape index (κ2) is 7.64. The van der Waals surface area contributed by atoms with Crippen molar-refractivity contribution in [3.63, 3.8) is 0 Å². The number of hydrogen-bond donors (Lipinski definition) is 0. The summed E-state index contributed by atoms with van der Waals surface area (Å²) in [6, 6.07) is 8.11. The van der Waals surface area contributed by atoms with Crippen molar-refractivity contribution in [1.82, 2.24) is 5.06 Å². The van der Waals surface area contributed by atoms with Gasteiger partial charge in [0, 0.05) is 10.1 Å². The second-order valence-corrected chi connectivity index (χ2v) is 7.93. The number of ether oxygens (including phenoxy) is 1.